The maximum absolute atomic E-state index is 13.2. The Kier molecular flexibility index (Phi) is 3.66. The van der Waals surface area contributed by atoms with Crippen molar-refractivity contribution >= 4 is 11.6 Å². The van der Waals surface area contributed by atoms with Gasteiger partial charge < -0.3 is 4.90 Å². The third kappa shape index (κ3) is 2.41. The number of rotatable bonds is 3. The van der Waals surface area contributed by atoms with Gasteiger partial charge >= 0.3 is 0 Å². The van der Waals surface area contributed by atoms with Crippen LogP contribution in [0.2, 0.25) is 0 Å². The van der Waals surface area contributed by atoms with Gasteiger partial charge in [-0.1, -0.05) is 72.8 Å². The van der Waals surface area contributed by atoms with Crippen molar-refractivity contribution in [3.63, 3.8) is 0 Å². The molecule has 1 unspecified atom stereocenters. The Labute approximate surface area is 142 Å². The van der Waals surface area contributed by atoms with Crippen LogP contribution in [0.25, 0.3) is 0 Å². The van der Waals surface area contributed by atoms with Gasteiger partial charge in [-0.2, -0.15) is 0 Å². The van der Waals surface area contributed by atoms with Crippen molar-refractivity contribution < 1.29 is 4.79 Å². The first-order chi connectivity index (χ1) is 11.8. The van der Waals surface area contributed by atoms with Gasteiger partial charge in [0.2, 0.25) is 5.91 Å². The largest absolute Gasteiger partial charge is 0.307 e. The molecule has 0 aromatic heterocycles. The number of anilines is 1. The van der Waals surface area contributed by atoms with E-state index in [2.05, 4.69) is 43.3 Å². The quantitative estimate of drug-likeness (QED) is 0.688. The third-order valence-corrected chi connectivity index (χ3v) is 4.73. The van der Waals surface area contributed by atoms with Gasteiger partial charge in [0.05, 0.1) is 12.5 Å². The van der Waals surface area contributed by atoms with E-state index in [1.165, 1.54) is 0 Å². The van der Waals surface area contributed by atoms with Crippen molar-refractivity contribution in [1.29, 1.82) is 0 Å². The zero-order valence-electron chi connectivity index (χ0n) is 13.6. The number of aryl methyl sites for hydroxylation is 1. The van der Waals surface area contributed by atoms with Crippen LogP contribution in [-0.2, 0) is 11.3 Å². The third-order valence-electron chi connectivity index (χ3n) is 4.73. The Morgan fingerprint density at radius 1 is 0.792 bits per heavy atom. The molecule has 0 radical (unpaired) electrons. The summed E-state index contributed by atoms with van der Waals surface area (Å²) in [5.41, 5.74) is 5.54. The molecule has 0 saturated carbocycles. The highest BCUT2D eigenvalue weighted by Crippen LogP contribution is 2.42. The minimum absolute atomic E-state index is 0.161. The second-order valence-corrected chi connectivity index (χ2v) is 6.26. The van der Waals surface area contributed by atoms with Gasteiger partial charge in [0.1, 0.15) is 0 Å². The van der Waals surface area contributed by atoms with Crippen molar-refractivity contribution in [3.05, 3.63) is 101 Å². The van der Waals surface area contributed by atoms with Gasteiger partial charge in [-0.25, -0.2) is 0 Å². The molecule has 118 valence electrons. The van der Waals surface area contributed by atoms with Crippen LogP contribution in [0.5, 0.6) is 0 Å². The van der Waals surface area contributed by atoms with Crippen LogP contribution < -0.4 is 4.90 Å². The maximum Gasteiger partial charge on any atom is 0.239 e. The smallest absolute Gasteiger partial charge is 0.239 e. The van der Waals surface area contributed by atoms with Crippen LogP contribution in [0.3, 0.4) is 0 Å². The summed E-state index contributed by atoms with van der Waals surface area (Å²) in [6, 6.07) is 26.5. The number of fused-ring (bicyclic) bond motifs is 1. The van der Waals surface area contributed by atoms with E-state index >= 15 is 0 Å². The highest BCUT2D eigenvalue weighted by atomic mass is 16.2. The topological polar surface area (TPSA) is 20.3 Å². The van der Waals surface area contributed by atoms with Crippen LogP contribution in [-0.4, -0.2) is 5.91 Å². The Balaban J connectivity index is 1.79. The maximum atomic E-state index is 13.2. The number of nitrogens with zero attached hydrogens (tertiary/aromatic N) is 1. The molecule has 2 nitrogen and oxygen atoms in total. The molecule has 24 heavy (non-hydrogen) atoms. The van der Waals surface area contributed by atoms with Crippen LogP contribution in [0.4, 0.5) is 5.69 Å². The molecule has 0 bridgehead atoms. The fourth-order valence-electron chi connectivity index (χ4n) is 3.53. The predicted octanol–water partition coefficient (Wildman–Crippen LogP) is 4.67. The number of amides is 1. The highest BCUT2D eigenvalue weighted by molar-refractivity contribution is 6.07. The van der Waals surface area contributed by atoms with E-state index in [9.17, 15) is 4.79 Å². The number of para-hydroxylation sites is 1. The van der Waals surface area contributed by atoms with Gasteiger partial charge in [0.15, 0.2) is 0 Å². The lowest BCUT2D eigenvalue weighted by Crippen LogP contribution is -2.28. The highest BCUT2D eigenvalue weighted by Gasteiger charge is 2.38. The number of hydrogen-bond donors (Lipinski definition) is 0. The van der Waals surface area contributed by atoms with Crippen molar-refractivity contribution in [2.75, 3.05) is 4.90 Å². The molecule has 3 aromatic carbocycles. The molecule has 0 saturated heterocycles. The molecule has 1 aliphatic heterocycles. The minimum Gasteiger partial charge on any atom is -0.307 e. The second-order valence-electron chi connectivity index (χ2n) is 6.26. The summed E-state index contributed by atoms with van der Waals surface area (Å²) < 4.78 is 0. The van der Waals surface area contributed by atoms with E-state index in [0.717, 1.165) is 27.9 Å². The molecule has 0 fully saturated rings. The SMILES string of the molecule is Cc1ccccc1C1C(=O)N(Cc2ccccc2)c2ccccc21. The summed E-state index contributed by atoms with van der Waals surface area (Å²) in [6.07, 6.45) is 0. The lowest BCUT2D eigenvalue weighted by molar-refractivity contribution is -0.118. The summed E-state index contributed by atoms with van der Waals surface area (Å²) in [5.74, 6) is -0.0412. The number of hydrogen-bond acceptors (Lipinski definition) is 1. The predicted molar refractivity (Wildman–Crippen MR) is 97.1 cm³/mol. The van der Waals surface area contributed by atoms with E-state index in [1.54, 1.807) is 0 Å². The molecule has 0 N–H and O–H groups in total. The normalized spacial score (nSPS) is 16.3. The molecular weight excluding hydrogens is 294 g/mol. The van der Waals surface area contributed by atoms with E-state index < -0.39 is 0 Å². The zero-order valence-corrected chi connectivity index (χ0v) is 13.6. The molecule has 1 atom stereocenters. The minimum atomic E-state index is -0.203. The first kappa shape index (κ1) is 14.7. The first-order valence-corrected chi connectivity index (χ1v) is 8.25. The number of carbonyl (C=O) groups excluding carboxylic acids is 1. The first-order valence-electron chi connectivity index (χ1n) is 8.25. The van der Waals surface area contributed by atoms with Gasteiger partial charge in [0, 0.05) is 5.69 Å². The van der Waals surface area contributed by atoms with Gasteiger partial charge in [-0.15, -0.1) is 0 Å². The molecule has 1 aliphatic rings. The van der Waals surface area contributed by atoms with Crippen LogP contribution in [0, 0.1) is 6.92 Å². The number of benzene rings is 3. The standard InChI is InChI=1S/C22H19NO/c1-16-9-5-6-12-18(16)21-19-13-7-8-14-20(19)23(22(21)24)15-17-10-3-2-4-11-17/h2-14,21H,15H2,1H3. The average Bonchev–Trinajstić information content (AvgIpc) is 2.89. The Morgan fingerprint density at radius 3 is 2.17 bits per heavy atom. The molecule has 4 rings (SSSR count). The number of carbonyl (C=O) groups is 1. The van der Waals surface area contributed by atoms with Gasteiger partial charge in [-0.05, 0) is 35.2 Å². The Bertz CT molecular complexity index is 885. The monoisotopic (exact) mass is 313 g/mol. The lowest BCUT2D eigenvalue weighted by atomic mass is 9.90. The van der Waals surface area contributed by atoms with Crippen molar-refractivity contribution in [3.8, 4) is 0 Å². The zero-order chi connectivity index (χ0) is 16.5. The fourth-order valence-corrected chi connectivity index (χ4v) is 3.53. The molecular formula is C22H19NO. The van der Waals surface area contributed by atoms with E-state index in [0.29, 0.717) is 6.54 Å². The van der Waals surface area contributed by atoms with E-state index in [-0.39, 0.29) is 11.8 Å². The van der Waals surface area contributed by atoms with Gasteiger partial charge in [0.25, 0.3) is 0 Å². The molecule has 1 heterocycles. The molecule has 0 spiro atoms. The lowest BCUT2D eigenvalue weighted by Gasteiger charge is -2.19. The van der Waals surface area contributed by atoms with Crippen LogP contribution in [0.15, 0.2) is 78.9 Å². The Hall–Kier alpha value is -2.87. The van der Waals surface area contributed by atoms with Crippen molar-refractivity contribution in [2.24, 2.45) is 0 Å². The van der Waals surface area contributed by atoms with E-state index in [1.807, 2.05) is 47.4 Å². The van der Waals surface area contributed by atoms with Crippen LogP contribution >= 0.6 is 0 Å². The van der Waals surface area contributed by atoms with E-state index in [4.69, 9.17) is 0 Å². The summed E-state index contributed by atoms with van der Waals surface area (Å²) in [7, 11) is 0. The second kappa shape index (κ2) is 5.97. The summed E-state index contributed by atoms with van der Waals surface area (Å²) in [6.45, 7) is 2.68. The molecule has 0 aliphatic carbocycles. The summed E-state index contributed by atoms with van der Waals surface area (Å²) >= 11 is 0. The van der Waals surface area contributed by atoms with Crippen LogP contribution in [0.1, 0.15) is 28.2 Å². The summed E-state index contributed by atoms with van der Waals surface area (Å²) in [5, 5.41) is 0. The van der Waals surface area contributed by atoms with Crippen molar-refractivity contribution in [2.45, 2.75) is 19.4 Å². The molecule has 1 amide bonds. The average molecular weight is 313 g/mol. The molecule has 2 heteroatoms. The van der Waals surface area contributed by atoms with Crippen molar-refractivity contribution in [1.82, 2.24) is 0 Å². The fraction of sp³-hybridized carbons (Fsp3) is 0.136. The Morgan fingerprint density at radius 2 is 1.42 bits per heavy atom. The van der Waals surface area contributed by atoms with Gasteiger partial charge in [-0.3, -0.25) is 4.79 Å². The summed E-state index contributed by atoms with van der Waals surface area (Å²) in [4.78, 5) is 15.2. The molecule has 3 aromatic rings.